The van der Waals surface area contributed by atoms with Crippen molar-refractivity contribution in [3.63, 3.8) is 0 Å². The van der Waals surface area contributed by atoms with Crippen LogP contribution in [-0.2, 0) is 4.79 Å². The highest BCUT2D eigenvalue weighted by atomic mass is 19.1. The second kappa shape index (κ2) is 4.54. The third kappa shape index (κ3) is 2.28. The zero-order valence-corrected chi connectivity index (χ0v) is 9.56. The molecule has 1 heterocycles. The van der Waals surface area contributed by atoms with Crippen molar-refractivity contribution in [1.82, 2.24) is 4.90 Å². The van der Waals surface area contributed by atoms with Crippen molar-refractivity contribution in [2.24, 2.45) is 5.92 Å². The second-order valence-corrected chi connectivity index (χ2v) is 4.31. The van der Waals surface area contributed by atoms with Crippen LogP contribution in [0, 0.1) is 23.1 Å². The summed E-state index contributed by atoms with van der Waals surface area (Å²) in [6, 6.07) is 8.15. The van der Waals surface area contributed by atoms with Gasteiger partial charge in [-0.15, -0.1) is 0 Å². The fraction of sp³-hybridized carbons (Fsp3) is 0.385. The Kier molecular flexibility index (Phi) is 3.10. The highest BCUT2D eigenvalue weighted by Crippen LogP contribution is 2.28. The van der Waals surface area contributed by atoms with E-state index in [2.05, 4.69) is 6.07 Å². The van der Waals surface area contributed by atoms with Gasteiger partial charge in [-0.25, -0.2) is 4.39 Å². The second-order valence-electron chi connectivity index (χ2n) is 4.31. The molecule has 1 saturated heterocycles. The quantitative estimate of drug-likeness (QED) is 0.785. The molecule has 88 valence electrons. The van der Waals surface area contributed by atoms with Gasteiger partial charge in [0.1, 0.15) is 5.82 Å². The van der Waals surface area contributed by atoms with Crippen LogP contribution in [0.15, 0.2) is 24.3 Å². The summed E-state index contributed by atoms with van der Waals surface area (Å²) >= 11 is 0. The monoisotopic (exact) mass is 232 g/mol. The molecule has 3 nitrogen and oxygen atoms in total. The van der Waals surface area contributed by atoms with Crippen LogP contribution in [0.2, 0.25) is 0 Å². The summed E-state index contributed by atoms with van der Waals surface area (Å²) in [5.74, 6) is -0.579. The van der Waals surface area contributed by atoms with Gasteiger partial charge in [0.2, 0.25) is 5.91 Å². The number of likely N-dealkylation sites (tertiary alicyclic amines) is 1. The number of nitrogens with zero attached hydrogens (tertiary/aromatic N) is 2. The molecule has 17 heavy (non-hydrogen) atoms. The summed E-state index contributed by atoms with van der Waals surface area (Å²) in [6.45, 7) is 2.29. The fourth-order valence-corrected chi connectivity index (χ4v) is 2.14. The molecule has 1 aliphatic heterocycles. The summed E-state index contributed by atoms with van der Waals surface area (Å²) in [5.41, 5.74) is 0.761. The van der Waals surface area contributed by atoms with Crippen LogP contribution < -0.4 is 0 Å². The Morgan fingerprint density at radius 2 is 2.35 bits per heavy atom. The highest BCUT2D eigenvalue weighted by Gasteiger charge is 2.33. The number of hydrogen-bond acceptors (Lipinski definition) is 2. The molecule has 2 atom stereocenters. The molecule has 1 aromatic carbocycles. The predicted octanol–water partition coefficient (Wildman–Crippen LogP) is 2.26. The average Bonchev–Trinajstić information content (AvgIpc) is 2.69. The van der Waals surface area contributed by atoms with Crippen LogP contribution in [0.5, 0.6) is 0 Å². The molecule has 4 heteroatoms. The van der Waals surface area contributed by atoms with Crippen molar-refractivity contribution >= 4 is 5.91 Å². The number of hydrogen-bond donors (Lipinski definition) is 0. The number of amides is 1. The van der Waals surface area contributed by atoms with Gasteiger partial charge in [-0.3, -0.25) is 4.79 Å². The molecule has 0 saturated carbocycles. The third-order valence-electron chi connectivity index (χ3n) is 3.14. The molecule has 1 amide bonds. The van der Waals surface area contributed by atoms with Crippen molar-refractivity contribution in [2.75, 3.05) is 6.54 Å². The predicted molar refractivity (Wildman–Crippen MR) is 60.2 cm³/mol. The zero-order chi connectivity index (χ0) is 12.4. The summed E-state index contributed by atoms with van der Waals surface area (Å²) < 4.78 is 13.1. The minimum Gasteiger partial charge on any atom is -0.335 e. The van der Waals surface area contributed by atoms with Gasteiger partial charge in [0.15, 0.2) is 0 Å². The van der Waals surface area contributed by atoms with Crippen LogP contribution in [-0.4, -0.2) is 17.4 Å². The molecule has 1 aromatic rings. The number of halogens is 1. The molecule has 0 aromatic heterocycles. The average molecular weight is 232 g/mol. The van der Waals surface area contributed by atoms with Crippen LogP contribution in [0.25, 0.3) is 0 Å². The Hall–Kier alpha value is -1.89. The van der Waals surface area contributed by atoms with Gasteiger partial charge >= 0.3 is 0 Å². The minimum absolute atomic E-state index is 0.0340. The van der Waals surface area contributed by atoms with Crippen molar-refractivity contribution in [3.8, 4) is 6.07 Å². The molecule has 2 rings (SSSR count). The van der Waals surface area contributed by atoms with E-state index >= 15 is 0 Å². The van der Waals surface area contributed by atoms with Gasteiger partial charge < -0.3 is 4.90 Å². The molecular formula is C13H13FN2O. The lowest BCUT2D eigenvalue weighted by Gasteiger charge is -2.24. The van der Waals surface area contributed by atoms with E-state index in [1.807, 2.05) is 6.92 Å². The third-order valence-corrected chi connectivity index (χ3v) is 3.14. The molecule has 2 unspecified atom stereocenters. The molecule has 0 radical (unpaired) electrons. The van der Waals surface area contributed by atoms with Gasteiger partial charge in [-0.05, 0) is 24.6 Å². The maximum Gasteiger partial charge on any atom is 0.224 e. The molecule has 0 bridgehead atoms. The summed E-state index contributed by atoms with van der Waals surface area (Å²) in [7, 11) is 0. The van der Waals surface area contributed by atoms with Gasteiger partial charge in [0.25, 0.3) is 0 Å². The van der Waals surface area contributed by atoms with Crippen molar-refractivity contribution < 1.29 is 9.18 Å². The van der Waals surface area contributed by atoms with Gasteiger partial charge in [0, 0.05) is 13.0 Å². The summed E-state index contributed by atoms with van der Waals surface area (Å²) in [5, 5.41) is 8.81. The first-order valence-corrected chi connectivity index (χ1v) is 5.56. The van der Waals surface area contributed by atoms with Crippen LogP contribution in [0.3, 0.4) is 0 Å². The maximum absolute atomic E-state index is 13.1. The van der Waals surface area contributed by atoms with Crippen molar-refractivity contribution in [3.05, 3.63) is 35.6 Å². The van der Waals surface area contributed by atoms with Crippen LogP contribution >= 0.6 is 0 Å². The Balaban J connectivity index is 2.19. The van der Waals surface area contributed by atoms with E-state index in [1.54, 1.807) is 17.0 Å². The molecule has 0 aliphatic carbocycles. The van der Waals surface area contributed by atoms with E-state index in [0.29, 0.717) is 6.54 Å². The minimum atomic E-state index is -0.308. The lowest BCUT2D eigenvalue weighted by Crippen LogP contribution is -2.28. The Bertz CT molecular complexity index is 481. The number of carbonyl (C=O) groups is 1. The standard InChI is InChI=1S/C13H13FN2O/c1-9(11-3-2-4-12(14)6-11)16-8-10(7-15)5-13(16)17/h2-4,6,9-10H,5,8H2,1H3. The number of rotatable bonds is 2. The smallest absolute Gasteiger partial charge is 0.224 e. The fourth-order valence-electron chi connectivity index (χ4n) is 2.14. The van der Waals surface area contributed by atoms with E-state index in [0.717, 1.165) is 5.56 Å². The Labute approximate surface area is 99.5 Å². The van der Waals surface area contributed by atoms with E-state index in [1.165, 1.54) is 12.1 Å². The normalized spacial score (nSPS) is 21.4. The molecule has 0 spiro atoms. The van der Waals surface area contributed by atoms with Gasteiger partial charge in [0.05, 0.1) is 18.0 Å². The Morgan fingerprint density at radius 3 is 2.94 bits per heavy atom. The lowest BCUT2D eigenvalue weighted by molar-refractivity contribution is -0.129. The van der Waals surface area contributed by atoms with E-state index in [-0.39, 0.29) is 30.1 Å². The molecule has 0 N–H and O–H groups in total. The molecule has 1 aliphatic rings. The number of carbonyl (C=O) groups excluding carboxylic acids is 1. The Morgan fingerprint density at radius 1 is 1.59 bits per heavy atom. The molecule has 1 fully saturated rings. The summed E-state index contributed by atoms with van der Waals surface area (Å²) in [4.78, 5) is 13.4. The first-order chi connectivity index (χ1) is 8.11. The zero-order valence-electron chi connectivity index (χ0n) is 9.56. The van der Waals surface area contributed by atoms with Crippen molar-refractivity contribution in [2.45, 2.75) is 19.4 Å². The molecular weight excluding hydrogens is 219 g/mol. The lowest BCUT2D eigenvalue weighted by atomic mass is 10.1. The van der Waals surface area contributed by atoms with Gasteiger partial charge in [-0.1, -0.05) is 12.1 Å². The SMILES string of the molecule is CC(c1cccc(F)c1)N1CC(C#N)CC1=O. The summed E-state index contributed by atoms with van der Waals surface area (Å²) in [6.07, 6.45) is 0.274. The first-order valence-electron chi connectivity index (χ1n) is 5.56. The highest BCUT2D eigenvalue weighted by molar-refractivity contribution is 5.79. The van der Waals surface area contributed by atoms with E-state index in [9.17, 15) is 9.18 Å². The van der Waals surface area contributed by atoms with Crippen LogP contribution in [0.1, 0.15) is 24.9 Å². The maximum atomic E-state index is 13.1. The number of benzene rings is 1. The van der Waals surface area contributed by atoms with Crippen molar-refractivity contribution in [1.29, 1.82) is 5.26 Å². The first kappa shape index (κ1) is 11.6. The number of nitriles is 1. The van der Waals surface area contributed by atoms with E-state index < -0.39 is 0 Å². The van der Waals surface area contributed by atoms with Crippen LogP contribution in [0.4, 0.5) is 4.39 Å². The largest absolute Gasteiger partial charge is 0.335 e. The topological polar surface area (TPSA) is 44.1 Å². The van der Waals surface area contributed by atoms with Gasteiger partial charge in [-0.2, -0.15) is 5.26 Å². The van der Waals surface area contributed by atoms with E-state index in [4.69, 9.17) is 5.26 Å².